The summed E-state index contributed by atoms with van der Waals surface area (Å²) in [5, 5.41) is 4.57. The summed E-state index contributed by atoms with van der Waals surface area (Å²) in [5.41, 5.74) is 3.52. The molecule has 1 spiro atoms. The number of rotatable bonds is 3. The number of amides is 1. The van der Waals surface area contributed by atoms with E-state index in [2.05, 4.69) is 53.5 Å². The molecule has 2 aromatic rings. The van der Waals surface area contributed by atoms with E-state index in [1.165, 1.54) is 16.8 Å². The minimum absolute atomic E-state index is 0.155. The molecule has 0 bridgehead atoms. The fourth-order valence-electron chi connectivity index (χ4n) is 4.38. The normalized spacial score (nSPS) is 19.6. The van der Waals surface area contributed by atoms with Gasteiger partial charge in [0, 0.05) is 55.4 Å². The van der Waals surface area contributed by atoms with Crippen molar-refractivity contribution in [2.75, 3.05) is 25.0 Å². The SMILES string of the molecule is CCN1Cc2ccccc2NC2(CCN(Cc3ccc(Cl)cc3)CC2)CC1=O. The molecule has 1 N–H and O–H groups in total. The molecule has 0 unspecified atom stereocenters. The molecule has 2 aromatic carbocycles. The predicted octanol–water partition coefficient (Wildman–Crippen LogP) is 4.54. The molecule has 0 aromatic heterocycles. The van der Waals surface area contributed by atoms with Crippen LogP contribution in [0.25, 0.3) is 0 Å². The van der Waals surface area contributed by atoms with Crippen LogP contribution in [0.5, 0.6) is 0 Å². The number of hydrogen-bond donors (Lipinski definition) is 1. The lowest BCUT2D eigenvalue weighted by Crippen LogP contribution is -2.53. The lowest BCUT2D eigenvalue weighted by Gasteiger charge is -2.45. The lowest BCUT2D eigenvalue weighted by molar-refractivity contribution is -0.133. The van der Waals surface area contributed by atoms with E-state index in [0.29, 0.717) is 13.0 Å². The monoisotopic (exact) mass is 397 g/mol. The van der Waals surface area contributed by atoms with Gasteiger partial charge < -0.3 is 10.2 Å². The molecule has 28 heavy (non-hydrogen) atoms. The second-order valence-electron chi connectivity index (χ2n) is 8.05. The number of halogens is 1. The maximum absolute atomic E-state index is 12.9. The van der Waals surface area contributed by atoms with Gasteiger partial charge in [0.2, 0.25) is 5.91 Å². The van der Waals surface area contributed by atoms with Crippen LogP contribution in [0.1, 0.15) is 37.3 Å². The Labute approximate surface area is 172 Å². The van der Waals surface area contributed by atoms with Crippen molar-refractivity contribution in [3.05, 3.63) is 64.7 Å². The molecule has 5 heteroatoms. The third-order valence-corrected chi connectivity index (χ3v) is 6.39. The van der Waals surface area contributed by atoms with Crippen molar-refractivity contribution in [1.29, 1.82) is 0 Å². The number of anilines is 1. The highest BCUT2D eigenvalue weighted by Gasteiger charge is 2.39. The van der Waals surface area contributed by atoms with E-state index in [0.717, 1.165) is 44.0 Å². The number of hydrogen-bond acceptors (Lipinski definition) is 3. The summed E-state index contributed by atoms with van der Waals surface area (Å²) in [6.45, 7) is 6.41. The molecule has 0 aliphatic carbocycles. The Kier molecular flexibility index (Phi) is 5.61. The summed E-state index contributed by atoms with van der Waals surface area (Å²) in [5.74, 6) is 0.260. The van der Waals surface area contributed by atoms with Gasteiger partial charge in [0.1, 0.15) is 0 Å². The standard InChI is InChI=1S/C23H28ClN3O/c1-2-27-17-19-5-3-4-6-21(19)25-23(15-22(27)28)11-13-26(14-12-23)16-18-7-9-20(24)10-8-18/h3-10,25H,2,11-17H2,1H3. The van der Waals surface area contributed by atoms with Crippen LogP contribution in [-0.4, -0.2) is 40.9 Å². The second kappa shape index (κ2) is 8.14. The summed E-state index contributed by atoms with van der Waals surface area (Å²) < 4.78 is 0. The molecule has 2 heterocycles. The fraction of sp³-hybridized carbons (Fsp3) is 0.435. The zero-order chi connectivity index (χ0) is 19.6. The van der Waals surface area contributed by atoms with Crippen molar-refractivity contribution in [1.82, 2.24) is 9.80 Å². The number of benzene rings is 2. The molecular weight excluding hydrogens is 370 g/mol. The molecule has 4 nitrogen and oxygen atoms in total. The van der Waals surface area contributed by atoms with E-state index in [1.807, 2.05) is 17.0 Å². The summed E-state index contributed by atoms with van der Waals surface area (Å²) in [6, 6.07) is 16.5. The van der Waals surface area contributed by atoms with Crippen LogP contribution in [0.2, 0.25) is 5.02 Å². The van der Waals surface area contributed by atoms with Crippen LogP contribution >= 0.6 is 11.6 Å². The molecule has 1 fully saturated rings. The fourth-order valence-corrected chi connectivity index (χ4v) is 4.51. The highest BCUT2D eigenvalue weighted by atomic mass is 35.5. The third-order valence-electron chi connectivity index (χ3n) is 6.14. The third kappa shape index (κ3) is 4.18. The molecule has 2 aliphatic heterocycles. The van der Waals surface area contributed by atoms with Gasteiger partial charge >= 0.3 is 0 Å². The van der Waals surface area contributed by atoms with E-state index >= 15 is 0 Å². The van der Waals surface area contributed by atoms with Crippen molar-refractivity contribution in [2.24, 2.45) is 0 Å². The number of piperidine rings is 1. The largest absolute Gasteiger partial charge is 0.379 e. The Hall–Kier alpha value is -2.04. The number of carbonyl (C=O) groups is 1. The number of likely N-dealkylation sites (tertiary alicyclic amines) is 1. The van der Waals surface area contributed by atoms with Crippen molar-refractivity contribution in [3.8, 4) is 0 Å². The molecular formula is C23H28ClN3O. The molecule has 1 amide bonds. The second-order valence-corrected chi connectivity index (χ2v) is 8.49. The average Bonchev–Trinajstić information content (AvgIpc) is 2.69. The first kappa shape index (κ1) is 19.3. The van der Waals surface area contributed by atoms with Crippen LogP contribution < -0.4 is 5.32 Å². The first-order valence-electron chi connectivity index (χ1n) is 10.2. The Balaban J connectivity index is 1.50. The Morgan fingerprint density at radius 2 is 1.79 bits per heavy atom. The van der Waals surface area contributed by atoms with Crippen molar-refractivity contribution >= 4 is 23.2 Å². The number of nitrogens with one attached hydrogen (secondary N) is 1. The quantitative estimate of drug-likeness (QED) is 0.825. The van der Waals surface area contributed by atoms with Crippen molar-refractivity contribution < 1.29 is 4.79 Å². The molecule has 2 aliphatic rings. The number of nitrogens with zero attached hydrogens (tertiary/aromatic N) is 2. The average molecular weight is 398 g/mol. The van der Waals surface area contributed by atoms with E-state index in [9.17, 15) is 4.79 Å². The van der Waals surface area contributed by atoms with Gasteiger partial charge in [0.15, 0.2) is 0 Å². The molecule has 4 rings (SSSR count). The van der Waals surface area contributed by atoms with Gasteiger partial charge in [-0.25, -0.2) is 0 Å². The number of carbonyl (C=O) groups excluding carboxylic acids is 1. The van der Waals surface area contributed by atoms with Gasteiger partial charge in [-0.3, -0.25) is 9.69 Å². The number of fused-ring (bicyclic) bond motifs is 1. The zero-order valence-corrected chi connectivity index (χ0v) is 17.2. The Morgan fingerprint density at radius 1 is 1.07 bits per heavy atom. The summed E-state index contributed by atoms with van der Waals surface area (Å²) in [6.07, 6.45) is 2.51. The topological polar surface area (TPSA) is 35.6 Å². The van der Waals surface area contributed by atoms with E-state index in [1.54, 1.807) is 0 Å². The lowest BCUT2D eigenvalue weighted by atomic mass is 9.82. The molecule has 0 radical (unpaired) electrons. The van der Waals surface area contributed by atoms with Crippen LogP contribution in [0.15, 0.2) is 48.5 Å². The molecule has 1 saturated heterocycles. The molecule has 148 valence electrons. The van der Waals surface area contributed by atoms with Crippen LogP contribution in [0, 0.1) is 0 Å². The van der Waals surface area contributed by atoms with Crippen molar-refractivity contribution in [2.45, 2.75) is 44.8 Å². The minimum atomic E-state index is -0.155. The van der Waals surface area contributed by atoms with Gasteiger partial charge in [-0.15, -0.1) is 0 Å². The maximum atomic E-state index is 12.9. The highest BCUT2D eigenvalue weighted by Crippen LogP contribution is 2.35. The zero-order valence-electron chi connectivity index (χ0n) is 16.5. The smallest absolute Gasteiger partial charge is 0.225 e. The van der Waals surface area contributed by atoms with E-state index in [4.69, 9.17) is 11.6 Å². The maximum Gasteiger partial charge on any atom is 0.225 e. The van der Waals surface area contributed by atoms with Gasteiger partial charge in [0.05, 0.1) is 0 Å². The first-order valence-corrected chi connectivity index (χ1v) is 10.6. The summed E-state index contributed by atoms with van der Waals surface area (Å²) >= 11 is 6.00. The Morgan fingerprint density at radius 3 is 2.50 bits per heavy atom. The van der Waals surface area contributed by atoms with Gasteiger partial charge in [0.25, 0.3) is 0 Å². The number of para-hydroxylation sites is 1. The van der Waals surface area contributed by atoms with Gasteiger partial charge in [-0.05, 0) is 49.1 Å². The first-order chi connectivity index (χ1) is 13.6. The Bertz CT molecular complexity index is 828. The van der Waals surface area contributed by atoms with E-state index in [-0.39, 0.29) is 11.4 Å². The van der Waals surface area contributed by atoms with Crippen LogP contribution in [-0.2, 0) is 17.9 Å². The van der Waals surface area contributed by atoms with Crippen LogP contribution in [0.3, 0.4) is 0 Å². The van der Waals surface area contributed by atoms with Crippen LogP contribution in [0.4, 0.5) is 5.69 Å². The summed E-state index contributed by atoms with van der Waals surface area (Å²) in [7, 11) is 0. The van der Waals surface area contributed by atoms with Gasteiger partial charge in [-0.2, -0.15) is 0 Å². The molecule has 0 atom stereocenters. The summed E-state index contributed by atoms with van der Waals surface area (Å²) in [4.78, 5) is 17.4. The van der Waals surface area contributed by atoms with E-state index < -0.39 is 0 Å². The molecule has 0 saturated carbocycles. The minimum Gasteiger partial charge on any atom is -0.379 e. The highest BCUT2D eigenvalue weighted by molar-refractivity contribution is 6.30. The predicted molar refractivity (Wildman–Crippen MR) is 114 cm³/mol. The van der Waals surface area contributed by atoms with Crippen molar-refractivity contribution in [3.63, 3.8) is 0 Å². The van der Waals surface area contributed by atoms with Gasteiger partial charge in [-0.1, -0.05) is 41.9 Å².